The molecule has 2 N–H and O–H groups in total. The molecule has 2 atom stereocenters. The summed E-state index contributed by atoms with van der Waals surface area (Å²) in [4.78, 5) is 31.4. The molecule has 6 rings (SSSR count). The van der Waals surface area contributed by atoms with Crippen LogP contribution in [0.5, 0.6) is 0 Å². The SMILES string of the molecule is [B]C1([B])NC(=O)N([C@H](COC2CC2)c2cnn3cc([C@@H](NC(=O)c4nonc4C)C4CCC(F)(F)CC4)nc3c2)C([B])([B])C1(F)F. The highest BCUT2D eigenvalue weighted by Gasteiger charge is 2.64. The summed E-state index contributed by atoms with van der Waals surface area (Å²) in [5, 5.41) is 10.1. The van der Waals surface area contributed by atoms with Crippen LogP contribution in [0.25, 0.3) is 5.65 Å². The number of nitrogens with one attached hydrogen (secondary N) is 2. The minimum Gasteiger partial charge on any atom is -0.376 e. The van der Waals surface area contributed by atoms with E-state index in [0.29, 0.717) is 10.6 Å². The topological polar surface area (TPSA) is 140 Å². The minimum atomic E-state index is -4.22. The number of aryl methyl sites for hydroxylation is 1. The Bertz CT molecular complexity index is 1640. The van der Waals surface area contributed by atoms with E-state index < -0.39 is 52.5 Å². The molecule has 1 aliphatic heterocycles. The molecule has 4 heterocycles. The zero-order chi connectivity index (χ0) is 33.2. The molecule has 1 saturated heterocycles. The first-order valence-corrected chi connectivity index (χ1v) is 14.6. The number of amides is 3. The molecule has 0 unspecified atom stereocenters. The van der Waals surface area contributed by atoms with E-state index in [9.17, 15) is 18.4 Å². The maximum absolute atomic E-state index is 15.3. The number of hydrogen-bond acceptors (Lipinski definition) is 8. The van der Waals surface area contributed by atoms with Gasteiger partial charge in [0.1, 0.15) is 5.69 Å². The summed E-state index contributed by atoms with van der Waals surface area (Å²) in [5.41, 5.74) is 0.812. The van der Waals surface area contributed by atoms with Crippen LogP contribution in [0.1, 0.15) is 78.0 Å². The molecule has 3 aromatic rings. The van der Waals surface area contributed by atoms with Gasteiger partial charge >= 0.3 is 6.03 Å². The summed E-state index contributed by atoms with van der Waals surface area (Å²) in [6.07, 6.45) is 3.59. The highest BCUT2D eigenvalue weighted by atomic mass is 19.3. The molecule has 2 saturated carbocycles. The number of rotatable bonds is 9. The van der Waals surface area contributed by atoms with Crippen LogP contribution in [0.15, 0.2) is 23.1 Å². The number of nitrogens with zero attached hydrogens (tertiary/aromatic N) is 6. The van der Waals surface area contributed by atoms with Gasteiger partial charge in [-0.25, -0.2) is 36.5 Å². The minimum absolute atomic E-state index is 0.0727. The molecular formula is C26H26B4F4N8O4. The van der Waals surface area contributed by atoms with E-state index in [4.69, 9.17) is 36.1 Å². The molecule has 3 fully saturated rings. The van der Waals surface area contributed by atoms with Gasteiger partial charge in [0.2, 0.25) is 5.92 Å². The van der Waals surface area contributed by atoms with Gasteiger partial charge < -0.3 is 20.3 Å². The Morgan fingerprint density at radius 3 is 2.48 bits per heavy atom. The van der Waals surface area contributed by atoms with Crippen LogP contribution in [0, 0.1) is 12.8 Å². The normalized spacial score (nSPS) is 23.5. The van der Waals surface area contributed by atoms with Crippen LogP contribution < -0.4 is 10.6 Å². The Morgan fingerprint density at radius 1 is 1.15 bits per heavy atom. The maximum atomic E-state index is 15.3. The average molecular weight is 634 g/mol. The van der Waals surface area contributed by atoms with Crippen molar-refractivity contribution in [3.63, 3.8) is 0 Å². The van der Waals surface area contributed by atoms with E-state index >= 15 is 8.78 Å². The van der Waals surface area contributed by atoms with Gasteiger partial charge in [-0.3, -0.25) is 4.79 Å². The summed E-state index contributed by atoms with van der Waals surface area (Å²) in [6, 6.07) is -1.84. The largest absolute Gasteiger partial charge is 0.376 e. The van der Waals surface area contributed by atoms with E-state index in [1.165, 1.54) is 29.9 Å². The lowest BCUT2D eigenvalue weighted by Crippen LogP contribution is -2.83. The third kappa shape index (κ3) is 5.77. The lowest BCUT2D eigenvalue weighted by atomic mass is 9.43. The molecule has 0 aromatic carbocycles. The van der Waals surface area contributed by atoms with Crippen molar-refractivity contribution in [2.24, 2.45) is 5.92 Å². The first-order valence-electron chi connectivity index (χ1n) is 14.6. The van der Waals surface area contributed by atoms with Crippen LogP contribution in [0.3, 0.4) is 0 Å². The van der Waals surface area contributed by atoms with Gasteiger partial charge in [0.25, 0.3) is 11.8 Å². The average Bonchev–Trinajstić information content (AvgIpc) is 3.54. The fourth-order valence-corrected chi connectivity index (χ4v) is 5.87. The van der Waals surface area contributed by atoms with Crippen LogP contribution in [0.2, 0.25) is 0 Å². The van der Waals surface area contributed by atoms with E-state index in [1.807, 2.05) is 5.32 Å². The lowest BCUT2D eigenvalue weighted by molar-refractivity contribution is -0.109. The summed E-state index contributed by atoms with van der Waals surface area (Å²) in [7, 11) is 22.8. The number of carbonyl (C=O) groups excluding carboxylic acids is 2. The third-order valence-electron chi connectivity index (χ3n) is 8.73. The predicted octanol–water partition coefficient (Wildman–Crippen LogP) is 1.58. The molecule has 3 amide bonds. The molecule has 3 aromatic heterocycles. The first-order chi connectivity index (χ1) is 21.5. The van der Waals surface area contributed by atoms with Gasteiger partial charge in [0.05, 0.1) is 74.3 Å². The molecule has 0 spiro atoms. The van der Waals surface area contributed by atoms with Crippen molar-refractivity contribution in [1.29, 1.82) is 0 Å². The van der Waals surface area contributed by atoms with Crippen LogP contribution in [-0.4, -0.2) is 108 Å². The van der Waals surface area contributed by atoms with Crippen molar-refractivity contribution in [3.05, 3.63) is 41.1 Å². The zero-order valence-corrected chi connectivity index (χ0v) is 24.6. The third-order valence-corrected chi connectivity index (χ3v) is 8.73. The second-order valence-electron chi connectivity index (χ2n) is 12.2. The molecule has 46 heavy (non-hydrogen) atoms. The Labute approximate surface area is 265 Å². The summed E-state index contributed by atoms with van der Waals surface area (Å²) in [5.74, 6) is -8.10. The standard InChI is InChI=1S/C26H26B4F4N8O4/c1-12-19(40-46-39-12)21(43)37-20(13-4-6-23(31,32)7-5-13)16-10-41-18(36-16)8-14(9-35-41)17(11-45-15-2-3-15)42-22(44)38-25(27,28)24(33,34)26(42,29)30/h8-10,13,15,17,20H,2-7,11H2,1H3,(H,37,43)(H,38,44)/t17-,20+/m1/s1. The fourth-order valence-electron chi connectivity index (χ4n) is 5.87. The second-order valence-corrected chi connectivity index (χ2v) is 12.2. The highest BCUT2D eigenvalue weighted by molar-refractivity contribution is 6.48. The molecule has 12 nitrogen and oxygen atoms in total. The van der Waals surface area contributed by atoms with Crippen LogP contribution >= 0.6 is 0 Å². The number of fused-ring (bicyclic) bond motifs is 1. The molecule has 2 aliphatic carbocycles. The molecule has 3 aliphatic rings. The lowest BCUT2D eigenvalue weighted by Gasteiger charge is -2.58. The number of hydrogen-bond donors (Lipinski definition) is 2. The second kappa shape index (κ2) is 11.3. The van der Waals surface area contributed by atoms with Gasteiger partial charge in [0, 0.05) is 29.1 Å². The van der Waals surface area contributed by atoms with Crippen molar-refractivity contribution >= 4 is 49.0 Å². The van der Waals surface area contributed by atoms with E-state index in [-0.39, 0.29) is 61.0 Å². The Morgan fingerprint density at radius 2 is 1.85 bits per heavy atom. The number of urea groups is 1. The zero-order valence-electron chi connectivity index (χ0n) is 24.6. The maximum Gasteiger partial charge on any atom is 0.316 e. The number of carbonyl (C=O) groups is 2. The van der Waals surface area contributed by atoms with Crippen LogP contribution in [-0.2, 0) is 4.74 Å². The molecule has 8 radical (unpaired) electrons. The molecule has 20 heteroatoms. The van der Waals surface area contributed by atoms with E-state index in [0.717, 1.165) is 12.8 Å². The van der Waals surface area contributed by atoms with E-state index in [1.54, 1.807) is 0 Å². The number of halogens is 4. The smallest absolute Gasteiger partial charge is 0.316 e. The van der Waals surface area contributed by atoms with Gasteiger partial charge in [-0.2, -0.15) is 5.10 Å². The Hall–Kier alpha value is -3.56. The quantitative estimate of drug-likeness (QED) is 0.268. The number of aromatic nitrogens is 5. The summed E-state index contributed by atoms with van der Waals surface area (Å²) in [6.45, 7) is 1.25. The number of alkyl halides is 4. The predicted molar refractivity (Wildman–Crippen MR) is 155 cm³/mol. The summed E-state index contributed by atoms with van der Waals surface area (Å²) < 4.78 is 70.6. The monoisotopic (exact) mass is 634 g/mol. The number of ether oxygens (including phenoxy) is 1. The van der Waals surface area contributed by atoms with Crippen LogP contribution in [0.4, 0.5) is 22.4 Å². The molecular weight excluding hydrogens is 608 g/mol. The van der Waals surface area contributed by atoms with Gasteiger partial charge in [-0.15, -0.1) is 0 Å². The number of imidazole rings is 1. The van der Waals surface area contributed by atoms with Gasteiger partial charge in [-0.05, 0) is 49.7 Å². The van der Waals surface area contributed by atoms with Crippen molar-refractivity contribution in [2.75, 3.05) is 6.61 Å². The molecule has 0 bridgehead atoms. The van der Waals surface area contributed by atoms with Crippen molar-refractivity contribution in [3.8, 4) is 0 Å². The van der Waals surface area contributed by atoms with E-state index in [2.05, 4.69) is 30.3 Å². The molecule has 234 valence electrons. The first kappa shape index (κ1) is 32.4. The van der Waals surface area contributed by atoms with Crippen molar-refractivity contribution < 1.29 is 36.5 Å². The van der Waals surface area contributed by atoms with Gasteiger partial charge in [-0.1, -0.05) is 5.16 Å². The fraction of sp³-hybridized carbons (Fsp3) is 0.615. The van der Waals surface area contributed by atoms with Gasteiger partial charge in [0.15, 0.2) is 11.3 Å². The highest BCUT2D eigenvalue weighted by Crippen LogP contribution is 2.44. The Balaban J connectivity index is 1.36. The van der Waals surface area contributed by atoms with Crippen molar-refractivity contribution in [1.82, 2.24) is 40.4 Å². The van der Waals surface area contributed by atoms with Crippen molar-refractivity contribution in [2.45, 2.75) is 86.2 Å². The Kier molecular flexibility index (Phi) is 7.96. The summed E-state index contributed by atoms with van der Waals surface area (Å²) >= 11 is 0.